The lowest BCUT2D eigenvalue weighted by molar-refractivity contribution is 0.412. The molecule has 1 rings (SSSR count). The van der Waals surface area contributed by atoms with E-state index in [1.54, 1.807) is 0 Å². The molecule has 3 N–H and O–H groups in total. The molecule has 5 nitrogen and oxygen atoms in total. The third-order valence-electron chi connectivity index (χ3n) is 2.38. The maximum absolute atomic E-state index is 13.8. The van der Waals surface area contributed by atoms with Crippen molar-refractivity contribution in [2.24, 2.45) is 0 Å². The van der Waals surface area contributed by atoms with Gasteiger partial charge in [-0.1, -0.05) is 0 Å². The van der Waals surface area contributed by atoms with Gasteiger partial charge >= 0.3 is 0 Å². The molecule has 7 heteroatoms. The average molecular weight is 275 g/mol. The summed E-state index contributed by atoms with van der Waals surface area (Å²) in [6.07, 6.45) is 0. The fourth-order valence-corrected chi connectivity index (χ4v) is 2.64. The van der Waals surface area contributed by atoms with Crippen LogP contribution in [0.3, 0.4) is 0 Å². The van der Waals surface area contributed by atoms with Crippen molar-refractivity contribution in [2.75, 3.05) is 32.9 Å². The Kier molecular flexibility index (Phi) is 4.66. The van der Waals surface area contributed by atoms with Crippen LogP contribution in [-0.4, -0.2) is 40.5 Å². The molecule has 0 bridgehead atoms. The molecule has 0 unspecified atom stereocenters. The highest BCUT2D eigenvalue weighted by atomic mass is 32.2. The fourth-order valence-electron chi connectivity index (χ4n) is 1.44. The second kappa shape index (κ2) is 5.64. The third kappa shape index (κ3) is 3.66. The lowest BCUT2D eigenvalue weighted by Gasteiger charge is -2.12. The Labute approximate surface area is 107 Å². The molecule has 0 heterocycles. The molecule has 18 heavy (non-hydrogen) atoms. The molecule has 0 fully saturated rings. The predicted octanol–water partition coefficient (Wildman–Crippen LogP) is 0.556. The number of nitrogens with zero attached hydrogens (tertiary/aromatic N) is 1. The Hall–Kier alpha value is -1.18. The van der Waals surface area contributed by atoms with E-state index < -0.39 is 20.7 Å². The monoisotopic (exact) mass is 275 g/mol. The van der Waals surface area contributed by atoms with Crippen LogP contribution in [0.4, 0.5) is 10.1 Å². The summed E-state index contributed by atoms with van der Waals surface area (Å²) >= 11 is 0. The highest BCUT2D eigenvalue weighted by molar-refractivity contribution is 7.89. The van der Waals surface area contributed by atoms with Crippen molar-refractivity contribution in [3.8, 4) is 0 Å². The van der Waals surface area contributed by atoms with Gasteiger partial charge in [0.25, 0.3) is 0 Å². The van der Waals surface area contributed by atoms with Gasteiger partial charge in [0, 0.05) is 18.8 Å². The van der Waals surface area contributed by atoms with Gasteiger partial charge in [0.05, 0.1) is 0 Å². The lowest BCUT2D eigenvalue weighted by Crippen LogP contribution is -2.32. The number of likely N-dealkylation sites (N-methyl/N-ethyl adjacent to an activating group) is 1. The molecule has 0 aliphatic carbocycles. The van der Waals surface area contributed by atoms with E-state index in [-0.39, 0.29) is 17.8 Å². The Morgan fingerprint density at radius 1 is 1.39 bits per heavy atom. The van der Waals surface area contributed by atoms with Crippen LogP contribution in [-0.2, 0) is 10.0 Å². The molecule has 0 aliphatic heterocycles. The van der Waals surface area contributed by atoms with Gasteiger partial charge in [-0.05, 0) is 38.7 Å². The number of nitrogens with one attached hydrogen (secondary N) is 1. The number of hydrogen-bond acceptors (Lipinski definition) is 4. The Bertz CT molecular complexity index is 529. The molecule has 0 saturated heterocycles. The number of sulfonamides is 1. The van der Waals surface area contributed by atoms with Crippen molar-refractivity contribution in [3.05, 3.63) is 23.5 Å². The van der Waals surface area contributed by atoms with Crippen LogP contribution in [0.25, 0.3) is 0 Å². The average Bonchev–Trinajstić information content (AvgIpc) is 2.22. The zero-order valence-electron chi connectivity index (χ0n) is 10.7. The largest absolute Gasteiger partial charge is 0.399 e. The van der Waals surface area contributed by atoms with E-state index in [1.165, 1.54) is 13.0 Å². The summed E-state index contributed by atoms with van der Waals surface area (Å²) in [5.74, 6) is -0.762. The maximum atomic E-state index is 13.8. The number of nitrogen functional groups attached to an aromatic ring is 1. The van der Waals surface area contributed by atoms with Crippen LogP contribution in [0.1, 0.15) is 5.56 Å². The minimum Gasteiger partial charge on any atom is -0.399 e. The molecular weight excluding hydrogens is 257 g/mol. The molecule has 0 aromatic heterocycles. The van der Waals surface area contributed by atoms with Crippen molar-refractivity contribution in [1.29, 1.82) is 0 Å². The van der Waals surface area contributed by atoms with Gasteiger partial charge in [-0.2, -0.15) is 0 Å². The van der Waals surface area contributed by atoms with Crippen LogP contribution >= 0.6 is 0 Å². The topological polar surface area (TPSA) is 75.4 Å². The Morgan fingerprint density at radius 3 is 2.56 bits per heavy atom. The van der Waals surface area contributed by atoms with E-state index in [0.29, 0.717) is 6.54 Å². The van der Waals surface area contributed by atoms with E-state index >= 15 is 0 Å². The van der Waals surface area contributed by atoms with Gasteiger partial charge in [0.2, 0.25) is 10.0 Å². The molecule has 102 valence electrons. The van der Waals surface area contributed by atoms with Gasteiger partial charge in [0.1, 0.15) is 10.7 Å². The predicted molar refractivity (Wildman–Crippen MR) is 69.3 cm³/mol. The second-order valence-corrected chi connectivity index (χ2v) is 6.09. The number of nitrogens with two attached hydrogens (primary N) is 1. The number of hydrogen-bond donors (Lipinski definition) is 2. The summed E-state index contributed by atoms with van der Waals surface area (Å²) < 4.78 is 39.9. The van der Waals surface area contributed by atoms with E-state index in [9.17, 15) is 12.8 Å². The van der Waals surface area contributed by atoms with Gasteiger partial charge < -0.3 is 10.6 Å². The van der Waals surface area contributed by atoms with Crippen LogP contribution in [0.5, 0.6) is 0 Å². The van der Waals surface area contributed by atoms with Crippen LogP contribution in [0, 0.1) is 12.7 Å². The molecule has 0 radical (unpaired) electrons. The summed E-state index contributed by atoms with van der Waals surface area (Å²) in [6.45, 7) is 2.22. The summed E-state index contributed by atoms with van der Waals surface area (Å²) in [5, 5.41) is 0. The van der Waals surface area contributed by atoms with Crippen LogP contribution < -0.4 is 10.5 Å². The quantitative estimate of drug-likeness (QED) is 0.770. The summed E-state index contributed by atoms with van der Waals surface area (Å²) in [4.78, 5) is 1.42. The Morgan fingerprint density at radius 2 is 2.00 bits per heavy atom. The molecular formula is C11H18FN3O2S. The van der Waals surface area contributed by atoms with E-state index in [1.807, 2.05) is 19.0 Å². The minimum absolute atomic E-state index is 0.211. The number of halogens is 1. The van der Waals surface area contributed by atoms with E-state index in [4.69, 9.17) is 5.73 Å². The number of rotatable bonds is 5. The number of anilines is 1. The molecule has 1 aromatic carbocycles. The fraction of sp³-hybridized carbons (Fsp3) is 0.455. The van der Waals surface area contributed by atoms with Gasteiger partial charge in [-0.25, -0.2) is 17.5 Å². The SMILES string of the molecule is Cc1cc(N)cc(S(=O)(=O)NCCN(C)C)c1F. The highest BCUT2D eigenvalue weighted by Gasteiger charge is 2.20. The van der Waals surface area contributed by atoms with E-state index in [0.717, 1.165) is 6.07 Å². The zero-order chi connectivity index (χ0) is 13.9. The first kappa shape index (κ1) is 14.9. The highest BCUT2D eigenvalue weighted by Crippen LogP contribution is 2.21. The smallest absolute Gasteiger partial charge is 0.243 e. The first-order valence-corrected chi connectivity index (χ1v) is 6.92. The summed E-state index contributed by atoms with van der Waals surface area (Å²) in [6, 6.07) is 2.52. The standard InChI is InChI=1S/C11H18FN3O2S/c1-8-6-9(13)7-10(11(8)12)18(16,17)14-4-5-15(2)3/h6-7,14H,4-5,13H2,1-3H3. The van der Waals surface area contributed by atoms with Crippen molar-refractivity contribution in [2.45, 2.75) is 11.8 Å². The van der Waals surface area contributed by atoms with Crippen LogP contribution in [0.2, 0.25) is 0 Å². The van der Waals surface area contributed by atoms with Gasteiger partial charge in [0.15, 0.2) is 0 Å². The summed E-state index contributed by atoms with van der Waals surface area (Å²) in [5.41, 5.74) is 5.97. The lowest BCUT2D eigenvalue weighted by atomic mass is 10.2. The molecule has 0 spiro atoms. The molecule has 0 saturated carbocycles. The molecule has 0 amide bonds. The van der Waals surface area contributed by atoms with Crippen molar-refractivity contribution < 1.29 is 12.8 Å². The van der Waals surface area contributed by atoms with Crippen molar-refractivity contribution in [3.63, 3.8) is 0 Å². The van der Waals surface area contributed by atoms with Crippen molar-refractivity contribution in [1.82, 2.24) is 9.62 Å². The normalized spacial score (nSPS) is 12.1. The Balaban J connectivity index is 2.98. The molecule has 0 atom stereocenters. The summed E-state index contributed by atoms with van der Waals surface area (Å²) in [7, 11) is -0.225. The first-order valence-electron chi connectivity index (χ1n) is 5.44. The molecule has 1 aromatic rings. The van der Waals surface area contributed by atoms with Crippen molar-refractivity contribution >= 4 is 15.7 Å². The van der Waals surface area contributed by atoms with Gasteiger partial charge in [-0.3, -0.25) is 0 Å². The van der Waals surface area contributed by atoms with Crippen LogP contribution in [0.15, 0.2) is 17.0 Å². The molecule has 0 aliphatic rings. The zero-order valence-corrected chi connectivity index (χ0v) is 11.5. The number of benzene rings is 1. The minimum atomic E-state index is -3.86. The van der Waals surface area contributed by atoms with Gasteiger partial charge in [-0.15, -0.1) is 0 Å². The first-order chi connectivity index (χ1) is 8.24. The van der Waals surface area contributed by atoms with E-state index in [2.05, 4.69) is 4.72 Å². The number of aryl methyl sites for hydroxylation is 1. The second-order valence-electron chi connectivity index (χ2n) is 4.35. The third-order valence-corrected chi connectivity index (χ3v) is 3.84. The maximum Gasteiger partial charge on any atom is 0.243 e.